The zero-order chi connectivity index (χ0) is 17.6. The number of urea groups is 1. The quantitative estimate of drug-likeness (QED) is 0.644. The standard InChI is InChI=1S/C19H22N4O2/c1-14-3-2-4-18-22-17(12-23(14)18)11-21-19(25)20-10-9-15-5-7-16(13-24)8-6-15/h2-8,12,24H,9-11,13H2,1H3,(H2,20,21,25). The molecular weight excluding hydrogens is 316 g/mol. The van der Waals surface area contributed by atoms with E-state index in [0.717, 1.165) is 34.6 Å². The van der Waals surface area contributed by atoms with Crippen LogP contribution in [0.4, 0.5) is 4.79 Å². The number of aryl methyl sites for hydroxylation is 1. The van der Waals surface area contributed by atoms with Crippen LogP contribution in [0.2, 0.25) is 0 Å². The highest BCUT2D eigenvalue weighted by molar-refractivity contribution is 5.73. The van der Waals surface area contributed by atoms with Crippen molar-refractivity contribution in [2.24, 2.45) is 0 Å². The second-order valence-electron chi connectivity index (χ2n) is 5.96. The van der Waals surface area contributed by atoms with Gasteiger partial charge in [0.2, 0.25) is 0 Å². The van der Waals surface area contributed by atoms with Crippen LogP contribution in [-0.4, -0.2) is 27.1 Å². The number of nitrogens with zero attached hydrogens (tertiary/aromatic N) is 2. The first-order valence-electron chi connectivity index (χ1n) is 8.29. The van der Waals surface area contributed by atoms with Gasteiger partial charge in [0.25, 0.3) is 0 Å². The van der Waals surface area contributed by atoms with Crippen molar-refractivity contribution in [3.8, 4) is 0 Å². The Labute approximate surface area is 146 Å². The number of nitrogens with one attached hydrogen (secondary N) is 2. The molecule has 3 rings (SSSR count). The molecule has 0 saturated heterocycles. The monoisotopic (exact) mass is 338 g/mol. The topological polar surface area (TPSA) is 78.7 Å². The van der Waals surface area contributed by atoms with Gasteiger partial charge in [-0.1, -0.05) is 30.3 Å². The largest absolute Gasteiger partial charge is 0.392 e. The Bertz CT molecular complexity index is 855. The molecule has 0 aliphatic heterocycles. The molecule has 0 radical (unpaired) electrons. The Hall–Kier alpha value is -2.86. The number of aromatic nitrogens is 2. The van der Waals surface area contributed by atoms with Crippen molar-refractivity contribution in [1.29, 1.82) is 0 Å². The smallest absolute Gasteiger partial charge is 0.315 e. The Kier molecular flexibility index (Phi) is 5.30. The van der Waals surface area contributed by atoms with E-state index in [0.29, 0.717) is 13.1 Å². The van der Waals surface area contributed by atoms with Crippen molar-refractivity contribution in [3.05, 3.63) is 71.2 Å². The van der Waals surface area contributed by atoms with Crippen LogP contribution in [0.1, 0.15) is 22.5 Å². The fourth-order valence-electron chi connectivity index (χ4n) is 2.65. The van der Waals surface area contributed by atoms with Crippen molar-refractivity contribution in [2.45, 2.75) is 26.5 Å². The lowest BCUT2D eigenvalue weighted by atomic mass is 10.1. The molecule has 0 aliphatic rings. The molecule has 0 fully saturated rings. The molecule has 1 aromatic carbocycles. The lowest BCUT2D eigenvalue weighted by Crippen LogP contribution is -2.36. The lowest BCUT2D eigenvalue weighted by Gasteiger charge is -2.07. The van der Waals surface area contributed by atoms with Crippen molar-refractivity contribution >= 4 is 11.7 Å². The number of carbonyl (C=O) groups excluding carboxylic acids is 1. The minimum Gasteiger partial charge on any atom is -0.392 e. The van der Waals surface area contributed by atoms with E-state index >= 15 is 0 Å². The number of pyridine rings is 1. The molecular formula is C19H22N4O2. The summed E-state index contributed by atoms with van der Waals surface area (Å²) in [6.07, 6.45) is 2.68. The first kappa shape index (κ1) is 17.0. The van der Waals surface area contributed by atoms with Crippen molar-refractivity contribution in [2.75, 3.05) is 6.54 Å². The summed E-state index contributed by atoms with van der Waals surface area (Å²) in [5.41, 5.74) is 4.81. The van der Waals surface area contributed by atoms with Crippen LogP contribution >= 0.6 is 0 Å². The molecule has 2 heterocycles. The van der Waals surface area contributed by atoms with Gasteiger partial charge in [0.05, 0.1) is 18.8 Å². The molecule has 2 aromatic heterocycles. The summed E-state index contributed by atoms with van der Waals surface area (Å²) in [5, 5.41) is 14.7. The third-order valence-electron chi connectivity index (χ3n) is 4.08. The summed E-state index contributed by atoms with van der Waals surface area (Å²) in [7, 11) is 0. The van der Waals surface area contributed by atoms with E-state index in [1.165, 1.54) is 0 Å². The van der Waals surface area contributed by atoms with E-state index in [1.807, 2.05) is 60.0 Å². The summed E-state index contributed by atoms with van der Waals surface area (Å²) in [6, 6.07) is 13.4. The molecule has 0 unspecified atom stereocenters. The second-order valence-corrected chi connectivity index (χ2v) is 5.96. The zero-order valence-corrected chi connectivity index (χ0v) is 14.2. The molecule has 3 N–H and O–H groups in total. The molecule has 0 bridgehead atoms. The van der Waals surface area contributed by atoms with Crippen LogP contribution < -0.4 is 10.6 Å². The Morgan fingerprint density at radius 2 is 1.88 bits per heavy atom. The van der Waals surface area contributed by atoms with Crippen molar-refractivity contribution in [1.82, 2.24) is 20.0 Å². The maximum Gasteiger partial charge on any atom is 0.315 e. The number of aliphatic hydroxyl groups excluding tert-OH is 1. The molecule has 2 amide bonds. The van der Waals surface area contributed by atoms with Crippen LogP contribution in [0.5, 0.6) is 0 Å². The van der Waals surface area contributed by atoms with E-state index in [-0.39, 0.29) is 12.6 Å². The molecule has 0 spiro atoms. The summed E-state index contributed by atoms with van der Waals surface area (Å²) < 4.78 is 2.00. The van der Waals surface area contributed by atoms with Gasteiger partial charge in [0, 0.05) is 18.4 Å². The van der Waals surface area contributed by atoms with Gasteiger partial charge in [0.1, 0.15) is 5.65 Å². The molecule has 3 aromatic rings. The Morgan fingerprint density at radius 3 is 2.60 bits per heavy atom. The first-order chi connectivity index (χ1) is 12.2. The summed E-state index contributed by atoms with van der Waals surface area (Å²) in [6.45, 7) is 3.00. The predicted octanol–water partition coefficient (Wildman–Crippen LogP) is 2.18. The van der Waals surface area contributed by atoms with Gasteiger partial charge < -0.3 is 20.1 Å². The van der Waals surface area contributed by atoms with Crippen LogP contribution in [0.25, 0.3) is 5.65 Å². The number of imidazole rings is 1. The van der Waals surface area contributed by atoms with Crippen LogP contribution in [0.15, 0.2) is 48.7 Å². The normalized spacial score (nSPS) is 10.8. The van der Waals surface area contributed by atoms with Gasteiger partial charge in [0.15, 0.2) is 0 Å². The summed E-state index contributed by atoms with van der Waals surface area (Å²) >= 11 is 0. The van der Waals surface area contributed by atoms with E-state index in [4.69, 9.17) is 5.11 Å². The fraction of sp³-hybridized carbons (Fsp3) is 0.263. The van der Waals surface area contributed by atoms with Gasteiger partial charge >= 0.3 is 6.03 Å². The van der Waals surface area contributed by atoms with Crippen LogP contribution in [0, 0.1) is 6.92 Å². The highest BCUT2D eigenvalue weighted by atomic mass is 16.3. The van der Waals surface area contributed by atoms with Gasteiger partial charge in [-0.2, -0.15) is 0 Å². The molecule has 0 atom stereocenters. The minimum absolute atomic E-state index is 0.0452. The summed E-state index contributed by atoms with van der Waals surface area (Å²) in [5.74, 6) is 0. The third kappa shape index (κ3) is 4.36. The van der Waals surface area contributed by atoms with Crippen LogP contribution in [0.3, 0.4) is 0 Å². The van der Waals surface area contributed by atoms with E-state index in [9.17, 15) is 4.79 Å². The third-order valence-corrected chi connectivity index (χ3v) is 4.08. The maximum atomic E-state index is 11.9. The Morgan fingerprint density at radius 1 is 1.12 bits per heavy atom. The molecule has 6 heteroatoms. The molecule has 6 nitrogen and oxygen atoms in total. The fourth-order valence-corrected chi connectivity index (χ4v) is 2.65. The number of rotatable bonds is 6. The second kappa shape index (κ2) is 7.81. The average Bonchev–Trinajstić information content (AvgIpc) is 3.05. The van der Waals surface area contributed by atoms with Gasteiger partial charge in [-0.05, 0) is 36.6 Å². The maximum absolute atomic E-state index is 11.9. The number of aliphatic hydroxyl groups is 1. The first-order valence-corrected chi connectivity index (χ1v) is 8.29. The molecule has 25 heavy (non-hydrogen) atoms. The van der Waals surface area contributed by atoms with Crippen molar-refractivity contribution < 1.29 is 9.90 Å². The van der Waals surface area contributed by atoms with E-state index in [2.05, 4.69) is 15.6 Å². The van der Waals surface area contributed by atoms with E-state index in [1.54, 1.807) is 0 Å². The van der Waals surface area contributed by atoms with Crippen molar-refractivity contribution in [3.63, 3.8) is 0 Å². The Balaban J connectivity index is 1.44. The predicted molar refractivity (Wildman–Crippen MR) is 96.2 cm³/mol. The number of carbonyl (C=O) groups is 1. The minimum atomic E-state index is -0.208. The molecule has 0 saturated carbocycles. The van der Waals surface area contributed by atoms with Gasteiger partial charge in [-0.25, -0.2) is 9.78 Å². The molecule has 0 aliphatic carbocycles. The SMILES string of the molecule is Cc1cccc2nc(CNC(=O)NCCc3ccc(CO)cc3)cn12. The number of fused-ring (bicyclic) bond motifs is 1. The summed E-state index contributed by atoms with van der Waals surface area (Å²) in [4.78, 5) is 16.4. The van der Waals surface area contributed by atoms with E-state index < -0.39 is 0 Å². The highest BCUT2D eigenvalue weighted by Gasteiger charge is 2.05. The van der Waals surface area contributed by atoms with Gasteiger partial charge in [-0.15, -0.1) is 0 Å². The lowest BCUT2D eigenvalue weighted by molar-refractivity contribution is 0.240. The number of benzene rings is 1. The zero-order valence-electron chi connectivity index (χ0n) is 14.2. The number of hydrogen-bond acceptors (Lipinski definition) is 3. The highest BCUT2D eigenvalue weighted by Crippen LogP contribution is 2.08. The van der Waals surface area contributed by atoms with Crippen LogP contribution in [-0.2, 0) is 19.6 Å². The molecule has 130 valence electrons. The number of amides is 2. The van der Waals surface area contributed by atoms with Gasteiger partial charge in [-0.3, -0.25) is 0 Å². The number of hydrogen-bond donors (Lipinski definition) is 3. The average molecular weight is 338 g/mol.